The molecule has 0 bridgehead atoms. The van der Waals surface area contributed by atoms with Gasteiger partial charge in [-0.2, -0.15) is 4.37 Å². The summed E-state index contributed by atoms with van der Waals surface area (Å²) in [6.45, 7) is 8.17. The van der Waals surface area contributed by atoms with Crippen molar-refractivity contribution in [2.75, 3.05) is 0 Å². The molecular weight excluding hydrogens is 144 g/mol. The number of rotatable bonds is 1. The van der Waals surface area contributed by atoms with Crippen molar-refractivity contribution in [1.29, 1.82) is 0 Å². The third-order valence-electron chi connectivity index (χ3n) is 0.895. The van der Waals surface area contributed by atoms with Gasteiger partial charge in [0.1, 0.15) is 11.3 Å². The molecule has 0 N–H and O–H groups in total. The van der Waals surface area contributed by atoms with E-state index in [1.165, 1.54) is 11.5 Å². The zero-order chi connectivity index (χ0) is 7.98. The van der Waals surface area contributed by atoms with Crippen LogP contribution in [0.1, 0.15) is 39.4 Å². The summed E-state index contributed by atoms with van der Waals surface area (Å²) in [6.07, 6.45) is 0. The van der Waals surface area contributed by atoms with E-state index in [4.69, 9.17) is 0 Å². The first-order chi connectivity index (χ1) is 4.80. The molecule has 0 aliphatic carbocycles. The van der Waals surface area contributed by atoms with Crippen LogP contribution in [-0.4, -0.2) is 9.36 Å². The van der Waals surface area contributed by atoms with Gasteiger partial charge in [-0.05, 0) is 11.5 Å². The molecule has 0 spiro atoms. The molecule has 0 radical (unpaired) electrons. The standard InChI is InChI=1S/C5H8N2S.C2H6/c1-4(2)5-6-3-8-7-5;1-2/h3-4H,1-2H3;1-2H3. The Balaban J connectivity index is 0.000000371. The third-order valence-corrected chi connectivity index (χ3v) is 1.39. The fourth-order valence-electron chi connectivity index (χ4n) is 0.433. The van der Waals surface area contributed by atoms with Crippen molar-refractivity contribution in [3.05, 3.63) is 11.3 Å². The number of hydrogen-bond donors (Lipinski definition) is 0. The minimum Gasteiger partial charge on any atom is -0.228 e. The quantitative estimate of drug-likeness (QED) is 0.628. The van der Waals surface area contributed by atoms with Crippen LogP contribution in [0.15, 0.2) is 5.51 Å². The van der Waals surface area contributed by atoms with E-state index in [9.17, 15) is 0 Å². The Labute approximate surface area is 66.5 Å². The summed E-state index contributed by atoms with van der Waals surface area (Å²) < 4.78 is 4.05. The van der Waals surface area contributed by atoms with Crippen LogP contribution in [0.4, 0.5) is 0 Å². The van der Waals surface area contributed by atoms with E-state index in [-0.39, 0.29) is 0 Å². The van der Waals surface area contributed by atoms with Gasteiger partial charge >= 0.3 is 0 Å². The summed E-state index contributed by atoms with van der Waals surface area (Å²) >= 11 is 1.41. The Hall–Kier alpha value is -0.440. The van der Waals surface area contributed by atoms with Crippen LogP contribution in [-0.2, 0) is 0 Å². The lowest BCUT2D eigenvalue weighted by Crippen LogP contribution is -1.87. The zero-order valence-electron chi connectivity index (χ0n) is 6.96. The molecular formula is C7H14N2S. The van der Waals surface area contributed by atoms with E-state index < -0.39 is 0 Å². The lowest BCUT2D eigenvalue weighted by molar-refractivity contribution is 0.799. The van der Waals surface area contributed by atoms with Crippen molar-refractivity contribution in [3.63, 3.8) is 0 Å². The third kappa shape index (κ3) is 2.92. The highest BCUT2D eigenvalue weighted by molar-refractivity contribution is 7.03. The van der Waals surface area contributed by atoms with Gasteiger partial charge in [0.15, 0.2) is 0 Å². The lowest BCUT2D eigenvalue weighted by atomic mass is 10.2. The molecule has 0 unspecified atom stereocenters. The van der Waals surface area contributed by atoms with Gasteiger partial charge in [0, 0.05) is 5.92 Å². The molecule has 0 fully saturated rings. The fourth-order valence-corrected chi connectivity index (χ4v) is 1.00. The van der Waals surface area contributed by atoms with Crippen LogP contribution in [0.5, 0.6) is 0 Å². The summed E-state index contributed by atoms with van der Waals surface area (Å²) in [5.74, 6) is 1.43. The van der Waals surface area contributed by atoms with Crippen LogP contribution >= 0.6 is 11.5 Å². The summed E-state index contributed by atoms with van der Waals surface area (Å²) in [4.78, 5) is 4.02. The lowest BCUT2D eigenvalue weighted by Gasteiger charge is -1.92. The summed E-state index contributed by atoms with van der Waals surface area (Å²) in [5, 5.41) is 0. The van der Waals surface area contributed by atoms with Crippen molar-refractivity contribution in [1.82, 2.24) is 9.36 Å². The Bertz CT molecular complexity index is 147. The predicted octanol–water partition coefficient (Wildman–Crippen LogP) is 2.69. The van der Waals surface area contributed by atoms with Crippen molar-refractivity contribution in [2.24, 2.45) is 0 Å². The number of nitrogens with zero attached hydrogens (tertiary/aromatic N) is 2. The molecule has 3 heteroatoms. The van der Waals surface area contributed by atoms with E-state index >= 15 is 0 Å². The zero-order valence-corrected chi connectivity index (χ0v) is 7.77. The van der Waals surface area contributed by atoms with Crippen LogP contribution < -0.4 is 0 Å². The summed E-state index contributed by atoms with van der Waals surface area (Å²) in [5.41, 5.74) is 1.76. The first-order valence-corrected chi connectivity index (χ1v) is 4.40. The topological polar surface area (TPSA) is 25.8 Å². The second-order valence-electron chi connectivity index (χ2n) is 1.94. The average Bonchev–Trinajstić information content (AvgIpc) is 2.42. The highest BCUT2D eigenvalue weighted by Gasteiger charge is 1.99. The van der Waals surface area contributed by atoms with Crippen molar-refractivity contribution < 1.29 is 0 Å². The van der Waals surface area contributed by atoms with Gasteiger partial charge < -0.3 is 0 Å². The van der Waals surface area contributed by atoms with E-state index in [0.29, 0.717) is 5.92 Å². The van der Waals surface area contributed by atoms with E-state index in [1.54, 1.807) is 5.51 Å². The predicted molar refractivity (Wildman–Crippen MR) is 45.3 cm³/mol. The van der Waals surface area contributed by atoms with Crippen LogP contribution in [0.25, 0.3) is 0 Å². The van der Waals surface area contributed by atoms with Gasteiger partial charge in [-0.3, -0.25) is 0 Å². The second kappa shape index (κ2) is 5.35. The fraction of sp³-hybridized carbons (Fsp3) is 0.714. The van der Waals surface area contributed by atoms with Crippen molar-refractivity contribution >= 4 is 11.5 Å². The molecule has 1 aromatic rings. The van der Waals surface area contributed by atoms with Crippen molar-refractivity contribution in [2.45, 2.75) is 33.6 Å². The maximum atomic E-state index is 4.05. The van der Waals surface area contributed by atoms with Crippen molar-refractivity contribution in [3.8, 4) is 0 Å². The minimum absolute atomic E-state index is 0.473. The van der Waals surface area contributed by atoms with E-state index in [2.05, 4.69) is 23.2 Å². The Kier molecular flexibility index (Phi) is 5.12. The minimum atomic E-state index is 0.473. The largest absolute Gasteiger partial charge is 0.228 e. The van der Waals surface area contributed by atoms with Crippen LogP contribution in [0, 0.1) is 0 Å². The Morgan fingerprint density at radius 3 is 2.20 bits per heavy atom. The highest BCUT2D eigenvalue weighted by atomic mass is 32.1. The molecule has 0 aliphatic rings. The second-order valence-corrected chi connectivity index (χ2v) is 2.55. The molecule has 10 heavy (non-hydrogen) atoms. The normalized spacial score (nSPS) is 8.90. The van der Waals surface area contributed by atoms with Gasteiger partial charge in [-0.1, -0.05) is 27.7 Å². The van der Waals surface area contributed by atoms with E-state index in [0.717, 1.165) is 5.82 Å². The maximum Gasteiger partial charge on any atom is 0.144 e. The maximum absolute atomic E-state index is 4.05. The molecule has 2 nitrogen and oxygen atoms in total. The molecule has 0 aromatic carbocycles. The first kappa shape index (κ1) is 9.56. The van der Waals surface area contributed by atoms with Gasteiger partial charge in [-0.25, -0.2) is 4.98 Å². The van der Waals surface area contributed by atoms with Gasteiger partial charge in [0.2, 0.25) is 0 Å². The Morgan fingerprint density at radius 2 is 2.00 bits per heavy atom. The molecule has 0 saturated heterocycles. The molecule has 1 rings (SSSR count). The molecule has 58 valence electrons. The van der Waals surface area contributed by atoms with Crippen LogP contribution in [0.2, 0.25) is 0 Å². The molecule has 0 aliphatic heterocycles. The molecule has 1 aromatic heterocycles. The first-order valence-electron chi connectivity index (χ1n) is 3.57. The monoisotopic (exact) mass is 158 g/mol. The average molecular weight is 158 g/mol. The number of hydrogen-bond acceptors (Lipinski definition) is 3. The van der Waals surface area contributed by atoms with Gasteiger partial charge in [0.25, 0.3) is 0 Å². The van der Waals surface area contributed by atoms with Gasteiger partial charge in [-0.15, -0.1) is 0 Å². The molecule has 0 amide bonds. The molecule has 0 atom stereocenters. The number of aromatic nitrogens is 2. The molecule has 1 heterocycles. The summed E-state index contributed by atoms with van der Waals surface area (Å²) in [7, 11) is 0. The van der Waals surface area contributed by atoms with Crippen LogP contribution in [0.3, 0.4) is 0 Å². The smallest absolute Gasteiger partial charge is 0.144 e. The highest BCUT2D eigenvalue weighted by Crippen LogP contribution is 2.07. The van der Waals surface area contributed by atoms with E-state index in [1.807, 2.05) is 13.8 Å². The summed E-state index contributed by atoms with van der Waals surface area (Å²) in [6, 6.07) is 0. The molecule has 0 saturated carbocycles. The Morgan fingerprint density at radius 1 is 1.40 bits per heavy atom. The van der Waals surface area contributed by atoms with Gasteiger partial charge in [0.05, 0.1) is 0 Å². The SMILES string of the molecule is CC.CC(C)c1ncsn1.